The lowest BCUT2D eigenvalue weighted by atomic mass is 10.1. The minimum Gasteiger partial charge on any atom is -0.497 e. The van der Waals surface area contributed by atoms with E-state index in [0.717, 1.165) is 11.3 Å². The maximum Gasteiger partial charge on any atom is 0.261 e. The van der Waals surface area contributed by atoms with E-state index in [1.165, 1.54) is 0 Å². The van der Waals surface area contributed by atoms with E-state index in [-0.39, 0.29) is 11.8 Å². The Kier molecular flexibility index (Phi) is 5.15. The maximum absolute atomic E-state index is 12.7. The van der Waals surface area contributed by atoms with Crippen molar-refractivity contribution in [1.29, 1.82) is 0 Å². The molecular formula is C21H20ClN3O4. The van der Waals surface area contributed by atoms with Crippen LogP contribution in [0.4, 0.5) is 5.69 Å². The van der Waals surface area contributed by atoms with Crippen molar-refractivity contribution in [3.63, 3.8) is 0 Å². The standard InChI is InChI=1S/C21H20ClN3O4/c1-12-5-4-6-16(22)19(12)25-11-13(9-18(25)26)20-23-21(29-24-20)15-8-7-14(27-2)10-17(15)28-3/h4-8,10,13H,9,11H2,1-3H3. The average Bonchev–Trinajstić information content (AvgIpc) is 3.35. The van der Waals surface area contributed by atoms with E-state index in [0.29, 0.717) is 46.8 Å². The lowest BCUT2D eigenvalue weighted by molar-refractivity contribution is -0.117. The van der Waals surface area contributed by atoms with Crippen LogP contribution in [0.2, 0.25) is 5.02 Å². The Balaban J connectivity index is 1.61. The van der Waals surface area contributed by atoms with Crippen molar-refractivity contribution in [3.05, 3.63) is 52.8 Å². The molecule has 1 saturated heterocycles. The van der Waals surface area contributed by atoms with Crippen molar-refractivity contribution in [2.24, 2.45) is 0 Å². The molecule has 1 aromatic heterocycles. The highest BCUT2D eigenvalue weighted by atomic mass is 35.5. The molecule has 1 amide bonds. The zero-order valence-electron chi connectivity index (χ0n) is 16.3. The molecule has 3 aromatic rings. The van der Waals surface area contributed by atoms with Gasteiger partial charge in [0.15, 0.2) is 5.82 Å². The number of carbonyl (C=O) groups excluding carboxylic acids is 1. The number of hydrogen-bond donors (Lipinski definition) is 0. The van der Waals surface area contributed by atoms with Crippen LogP contribution in [0.5, 0.6) is 11.5 Å². The molecule has 1 atom stereocenters. The number of para-hydroxylation sites is 1. The van der Waals surface area contributed by atoms with Gasteiger partial charge in [-0.1, -0.05) is 28.9 Å². The smallest absolute Gasteiger partial charge is 0.261 e. The van der Waals surface area contributed by atoms with E-state index in [9.17, 15) is 4.79 Å². The number of rotatable bonds is 5. The van der Waals surface area contributed by atoms with Gasteiger partial charge >= 0.3 is 0 Å². The topological polar surface area (TPSA) is 77.7 Å². The number of carbonyl (C=O) groups is 1. The van der Waals surface area contributed by atoms with Gasteiger partial charge in [-0.05, 0) is 30.7 Å². The molecule has 0 spiro atoms. The van der Waals surface area contributed by atoms with Gasteiger partial charge in [0.05, 0.1) is 30.5 Å². The molecule has 4 rings (SSSR count). The molecule has 150 valence electrons. The quantitative estimate of drug-likeness (QED) is 0.622. The number of aryl methyl sites for hydroxylation is 1. The Bertz CT molecular complexity index is 1050. The average molecular weight is 414 g/mol. The lowest BCUT2D eigenvalue weighted by Gasteiger charge is -2.20. The maximum atomic E-state index is 12.7. The van der Waals surface area contributed by atoms with Crippen molar-refractivity contribution in [3.8, 4) is 23.0 Å². The minimum atomic E-state index is -0.181. The number of amides is 1. The zero-order valence-corrected chi connectivity index (χ0v) is 17.1. The van der Waals surface area contributed by atoms with Crippen LogP contribution in [-0.2, 0) is 4.79 Å². The second-order valence-electron chi connectivity index (χ2n) is 6.83. The summed E-state index contributed by atoms with van der Waals surface area (Å²) in [5, 5.41) is 4.67. The molecule has 1 unspecified atom stereocenters. The van der Waals surface area contributed by atoms with Crippen molar-refractivity contribution in [2.45, 2.75) is 19.3 Å². The van der Waals surface area contributed by atoms with E-state index in [1.807, 2.05) is 19.1 Å². The summed E-state index contributed by atoms with van der Waals surface area (Å²) < 4.78 is 16.1. The first-order chi connectivity index (χ1) is 14.0. The molecule has 7 nitrogen and oxygen atoms in total. The van der Waals surface area contributed by atoms with Crippen LogP contribution in [0.3, 0.4) is 0 Å². The Hall–Kier alpha value is -3.06. The second kappa shape index (κ2) is 7.75. The number of hydrogen-bond acceptors (Lipinski definition) is 6. The van der Waals surface area contributed by atoms with Crippen molar-refractivity contribution in [2.75, 3.05) is 25.7 Å². The van der Waals surface area contributed by atoms with E-state index in [4.69, 9.17) is 25.6 Å². The summed E-state index contributed by atoms with van der Waals surface area (Å²) in [7, 11) is 3.15. The number of ether oxygens (including phenoxy) is 2. The molecule has 0 N–H and O–H groups in total. The van der Waals surface area contributed by atoms with E-state index < -0.39 is 0 Å². The van der Waals surface area contributed by atoms with Gasteiger partial charge in [0.1, 0.15) is 11.5 Å². The Labute approximate surface area is 173 Å². The van der Waals surface area contributed by atoms with Gasteiger partial charge in [0.2, 0.25) is 5.91 Å². The molecule has 2 aromatic carbocycles. The summed E-state index contributed by atoms with van der Waals surface area (Å²) in [6.45, 7) is 2.38. The fourth-order valence-electron chi connectivity index (χ4n) is 3.55. The number of nitrogens with zero attached hydrogens (tertiary/aromatic N) is 3. The summed E-state index contributed by atoms with van der Waals surface area (Å²) in [5.74, 6) is 1.85. The molecular weight excluding hydrogens is 394 g/mol. The van der Waals surface area contributed by atoms with Crippen LogP contribution in [0.1, 0.15) is 23.7 Å². The van der Waals surface area contributed by atoms with Crippen LogP contribution in [-0.4, -0.2) is 36.8 Å². The van der Waals surface area contributed by atoms with Crippen LogP contribution in [0, 0.1) is 6.92 Å². The number of aromatic nitrogens is 2. The van der Waals surface area contributed by atoms with Gasteiger partial charge in [-0.2, -0.15) is 4.98 Å². The molecule has 0 aliphatic carbocycles. The highest BCUT2D eigenvalue weighted by Gasteiger charge is 2.36. The first-order valence-corrected chi connectivity index (χ1v) is 9.51. The fraction of sp³-hybridized carbons (Fsp3) is 0.286. The summed E-state index contributed by atoms with van der Waals surface area (Å²) >= 11 is 6.34. The van der Waals surface area contributed by atoms with Gasteiger partial charge in [-0.3, -0.25) is 4.79 Å². The summed E-state index contributed by atoms with van der Waals surface area (Å²) in [6.07, 6.45) is 0.295. The first kappa shape index (κ1) is 19.3. The Morgan fingerprint density at radius 1 is 1.21 bits per heavy atom. The van der Waals surface area contributed by atoms with E-state index >= 15 is 0 Å². The molecule has 1 fully saturated rings. The summed E-state index contributed by atoms with van der Waals surface area (Å²) in [4.78, 5) is 18.9. The largest absolute Gasteiger partial charge is 0.497 e. The number of halogens is 1. The molecule has 8 heteroatoms. The zero-order chi connectivity index (χ0) is 20.5. The molecule has 0 saturated carbocycles. The Morgan fingerprint density at radius 3 is 2.76 bits per heavy atom. The molecule has 1 aliphatic heterocycles. The SMILES string of the molecule is COc1ccc(-c2nc(C3CC(=O)N(c4c(C)cccc4Cl)C3)no2)c(OC)c1. The van der Waals surface area contributed by atoms with Gasteiger partial charge in [0, 0.05) is 24.9 Å². The molecule has 29 heavy (non-hydrogen) atoms. The van der Waals surface area contributed by atoms with Gasteiger partial charge < -0.3 is 18.9 Å². The Morgan fingerprint density at radius 2 is 2.03 bits per heavy atom. The highest BCUT2D eigenvalue weighted by Crippen LogP contribution is 2.38. The number of benzene rings is 2. The fourth-order valence-corrected chi connectivity index (χ4v) is 3.87. The highest BCUT2D eigenvalue weighted by molar-refractivity contribution is 6.34. The number of methoxy groups -OCH3 is 2. The third-order valence-electron chi connectivity index (χ3n) is 5.03. The third kappa shape index (κ3) is 3.53. The predicted octanol–water partition coefficient (Wildman–Crippen LogP) is 4.24. The van der Waals surface area contributed by atoms with Crippen molar-refractivity contribution >= 4 is 23.2 Å². The van der Waals surface area contributed by atoms with Crippen LogP contribution < -0.4 is 14.4 Å². The first-order valence-electron chi connectivity index (χ1n) is 9.13. The third-order valence-corrected chi connectivity index (χ3v) is 5.33. The second-order valence-corrected chi connectivity index (χ2v) is 7.24. The van der Waals surface area contributed by atoms with Gasteiger partial charge in [-0.15, -0.1) is 0 Å². The summed E-state index contributed by atoms with van der Waals surface area (Å²) in [5.41, 5.74) is 2.35. The minimum absolute atomic E-state index is 0.0143. The monoisotopic (exact) mass is 413 g/mol. The van der Waals surface area contributed by atoms with Crippen LogP contribution in [0.25, 0.3) is 11.5 Å². The predicted molar refractivity (Wildman–Crippen MR) is 109 cm³/mol. The molecule has 0 bridgehead atoms. The summed E-state index contributed by atoms with van der Waals surface area (Å²) in [6, 6.07) is 10.9. The van der Waals surface area contributed by atoms with Crippen LogP contribution in [0.15, 0.2) is 40.9 Å². The molecule has 2 heterocycles. The van der Waals surface area contributed by atoms with Gasteiger partial charge in [0.25, 0.3) is 5.89 Å². The van der Waals surface area contributed by atoms with Crippen molar-refractivity contribution in [1.82, 2.24) is 10.1 Å². The van der Waals surface area contributed by atoms with Crippen molar-refractivity contribution < 1.29 is 18.8 Å². The normalized spacial score (nSPS) is 16.3. The molecule has 1 aliphatic rings. The van der Waals surface area contributed by atoms with Gasteiger partial charge in [-0.25, -0.2) is 0 Å². The van der Waals surface area contributed by atoms with E-state index in [1.54, 1.807) is 43.4 Å². The van der Waals surface area contributed by atoms with Crippen LogP contribution >= 0.6 is 11.6 Å². The number of anilines is 1. The molecule has 0 radical (unpaired) electrons. The lowest BCUT2D eigenvalue weighted by Crippen LogP contribution is -2.25. The van der Waals surface area contributed by atoms with E-state index in [2.05, 4.69) is 10.1 Å².